The Morgan fingerprint density at radius 3 is 3.07 bits per heavy atom. The Morgan fingerprint density at radius 1 is 1.60 bits per heavy atom. The Balaban J connectivity index is 2.23. The Bertz CT molecular complexity index is 353. The highest BCUT2D eigenvalue weighted by Crippen LogP contribution is 2.22. The molecule has 1 fully saturated rings. The summed E-state index contributed by atoms with van der Waals surface area (Å²) in [4.78, 5) is 10.3. The van der Waals surface area contributed by atoms with Gasteiger partial charge in [0.25, 0.3) is 0 Å². The predicted molar refractivity (Wildman–Crippen MR) is 59.4 cm³/mol. The summed E-state index contributed by atoms with van der Waals surface area (Å²) in [7, 11) is 2.02. The van der Waals surface area contributed by atoms with Gasteiger partial charge in [-0.05, 0) is 24.9 Å². The second-order valence-corrected chi connectivity index (χ2v) is 4.11. The Labute approximate surface area is 94.2 Å². The first-order valence-electron chi connectivity index (χ1n) is 4.98. The summed E-state index contributed by atoms with van der Waals surface area (Å²) in [5.74, 6) is 0.894. The highest BCUT2D eigenvalue weighted by molar-refractivity contribution is 6.28. The second kappa shape index (κ2) is 4.33. The molecule has 1 saturated heterocycles. The van der Waals surface area contributed by atoms with E-state index in [9.17, 15) is 0 Å². The molecule has 0 saturated carbocycles. The summed E-state index contributed by atoms with van der Waals surface area (Å²) in [6, 6.07) is 0.398. The number of halogens is 1. The monoisotopic (exact) mass is 227 g/mol. The van der Waals surface area contributed by atoms with E-state index in [-0.39, 0.29) is 0 Å². The van der Waals surface area contributed by atoms with Crippen LogP contribution in [-0.4, -0.2) is 36.3 Å². The third-order valence-corrected chi connectivity index (χ3v) is 2.89. The van der Waals surface area contributed by atoms with Crippen molar-refractivity contribution >= 4 is 17.4 Å². The van der Waals surface area contributed by atoms with Gasteiger partial charge < -0.3 is 9.64 Å². The van der Waals surface area contributed by atoms with Gasteiger partial charge in [0.05, 0.1) is 12.6 Å². The van der Waals surface area contributed by atoms with Gasteiger partial charge in [-0.2, -0.15) is 0 Å². The normalized spacial score (nSPS) is 20.6. The first-order valence-corrected chi connectivity index (χ1v) is 5.36. The number of ether oxygens (including phenoxy) is 1. The summed E-state index contributed by atoms with van der Waals surface area (Å²) in [6.07, 6.45) is 2.79. The van der Waals surface area contributed by atoms with Crippen LogP contribution in [0.2, 0.25) is 5.28 Å². The molecule has 0 aromatic carbocycles. The van der Waals surface area contributed by atoms with E-state index in [2.05, 4.69) is 14.9 Å². The lowest BCUT2D eigenvalue weighted by molar-refractivity contribution is 0.193. The summed E-state index contributed by atoms with van der Waals surface area (Å²) in [6.45, 7) is 3.57. The van der Waals surface area contributed by atoms with Crippen LogP contribution in [0, 0.1) is 6.92 Å². The maximum absolute atomic E-state index is 5.79. The van der Waals surface area contributed by atoms with Crippen molar-refractivity contribution in [1.82, 2.24) is 9.97 Å². The minimum absolute atomic E-state index is 0.293. The molecule has 82 valence electrons. The minimum Gasteiger partial charge on any atom is -0.379 e. The van der Waals surface area contributed by atoms with Crippen LogP contribution in [0.5, 0.6) is 0 Å². The van der Waals surface area contributed by atoms with Crippen LogP contribution in [0.4, 0.5) is 5.82 Å². The minimum atomic E-state index is 0.293. The van der Waals surface area contributed by atoms with Crippen molar-refractivity contribution in [2.24, 2.45) is 0 Å². The third-order valence-electron chi connectivity index (χ3n) is 2.70. The molecule has 5 heteroatoms. The van der Waals surface area contributed by atoms with Gasteiger partial charge >= 0.3 is 0 Å². The number of rotatable bonds is 2. The molecule has 2 rings (SSSR count). The number of aromatic nitrogens is 2. The molecule has 0 radical (unpaired) electrons. The van der Waals surface area contributed by atoms with Crippen LogP contribution in [0.1, 0.15) is 12.0 Å². The molecule has 1 aromatic rings. The lowest BCUT2D eigenvalue weighted by Gasteiger charge is -2.25. The molecule has 4 nitrogen and oxygen atoms in total. The van der Waals surface area contributed by atoms with E-state index in [0.717, 1.165) is 31.0 Å². The van der Waals surface area contributed by atoms with E-state index in [0.29, 0.717) is 11.3 Å². The molecular formula is C10H14ClN3O. The van der Waals surface area contributed by atoms with Gasteiger partial charge in [-0.15, -0.1) is 0 Å². The van der Waals surface area contributed by atoms with Gasteiger partial charge in [-0.25, -0.2) is 9.97 Å². The van der Waals surface area contributed by atoms with Gasteiger partial charge in [-0.3, -0.25) is 0 Å². The topological polar surface area (TPSA) is 38.2 Å². The Morgan fingerprint density at radius 2 is 2.40 bits per heavy atom. The van der Waals surface area contributed by atoms with E-state index in [1.807, 2.05) is 14.0 Å². The number of anilines is 1. The molecule has 0 amide bonds. The maximum Gasteiger partial charge on any atom is 0.224 e. The van der Waals surface area contributed by atoms with Gasteiger partial charge in [0.1, 0.15) is 5.82 Å². The van der Waals surface area contributed by atoms with Gasteiger partial charge in [0.15, 0.2) is 0 Å². The fourth-order valence-corrected chi connectivity index (χ4v) is 1.90. The first-order chi connectivity index (χ1) is 7.18. The van der Waals surface area contributed by atoms with Crippen LogP contribution >= 0.6 is 11.6 Å². The first kappa shape index (κ1) is 10.6. The predicted octanol–water partition coefficient (Wildman–Crippen LogP) is 1.66. The van der Waals surface area contributed by atoms with Crippen LogP contribution in [0.3, 0.4) is 0 Å². The van der Waals surface area contributed by atoms with Crippen molar-refractivity contribution in [3.8, 4) is 0 Å². The largest absolute Gasteiger partial charge is 0.379 e. The molecule has 2 heterocycles. The summed E-state index contributed by atoms with van der Waals surface area (Å²) >= 11 is 5.79. The van der Waals surface area contributed by atoms with E-state index in [1.165, 1.54) is 0 Å². The zero-order chi connectivity index (χ0) is 10.8. The summed E-state index contributed by atoms with van der Waals surface area (Å²) < 4.78 is 5.35. The quantitative estimate of drug-likeness (QED) is 0.721. The average Bonchev–Trinajstić information content (AvgIpc) is 2.74. The molecule has 1 unspecified atom stereocenters. The molecule has 1 aliphatic rings. The second-order valence-electron chi connectivity index (χ2n) is 3.77. The lowest BCUT2D eigenvalue weighted by Crippen LogP contribution is -2.33. The molecule has 1 aliphatic heterocycles. The molecule has 0 bridgehead atoms. The lowest BCUT2D eigenvalue weighted by atomic mass is 10.2. The summed E-state index contributed by atoms with van der Waals surface area (Å²) in [5.41, 5.74) is 1.04. The van der Waals surface area contributed by atoms with E-state index in [4.69, 9.17) is 16.3 Å². The fraction of sp³-hybridized carbons (Fsp3) is 0.600. The SMILES string of the molecule is Cc1cnc(Cl)nc1N(C)C1CCOC1. The van der Waals surface area contributed by atoms with Crippen molar-refractivity contribution in [3.05, 3.63) is 17.0 Å². The van der Waals surface area contributed by atoms with Crippen LogP contribution in [0.15, 0.2) is 6.20 Å². The van der Waals surface area contributed by atoms with Crippen LogP contribution in [-0.2, 0) is 4.74 Å². The molecule has 15 heavy (non-hydrogen) atoms. The number of hydrogen-bond acceptors (Lipinski definition) is 4. The maximum atomic E-state index is 5.79. The molecule has 0 spiro atoms. The molecule has 0 aliphatic carbocycles. The smallest absolute Gasteiger partial charge is 0.224 e. The molecule has 1 atom stereocenters. The van der Waals surface area contributed by atoms with Gasteiger partial charge in [0, 0.05) is 25.4 Å². The van der Waals surface area contributed by atoms with Crippen LogP contribution < -0.4 is 4.90 Å². The van der Waals surface area contributed by atoms with Crippen molar-refractivity contribution in [2.45, 2.75) is 19.4 Å². The number of aryl methyl sites for hydroxylation is 1. The highest BCUT2D eigenvalue weighted by atomic mass is 35.5. The standard InChI is InChI=1S/C10H14ClN3O/c1-7-5-12-10(11)13-9(7)14(2)8-3-4-15-6-8/h5,8H,3-4,6H2,1-2H3. The summed E-state index contributed by atoms with van der Waals surface area (Å²) in [5, 5.41) is 0.293. The Hall–Kier alpha value is -0.870. The van der Waals surface area contributed by atoms with Crippen molar-refractivity contribution in [1.29, 1.82) is 0 Å². The highest BCUT2D eigenvalue weighted by Gasteiger charge is 2.22. The molecule has 0 N–H and O–H groups in total. The van der Waals surface area contributed by atoms with Crippen molar-refractivity contribution < 1.29 is 4.74 Å². The molecular weight excluding hydrogens is 214 g/mol. The zero-order valence-corrected chi connectivity index (χ0v) is 9.66. The average molecular weight is 228 g/mol. The fourth-order valence-electron chi connectivity index (χ4n) is 1.77. The molecule has 1 aromatic heterocycles. The zero-order valence-electron chi connectivity index (χ0n) is 8.90. The number of hydrogen-bond donors (Lipinski definition) is 0. The number of likely N-dealkylation sites (N-methyl/N-ethyl adjacent to an activating group) is 1. The van der Waals surface area contributed by atoms with Crippen molar-refractivity contribution in [3.63, 3.8) is 0 Å². The number of nitrogens with zero attached hydrogens (tertiary/aromatic N) is 3. The van der Waals surface area contributed by atoms with E-state index < -0.39 is 0 Å². The third kappa shape index (κ3) is 2.21. The Kier molecular flexibility index (Phi) is 3.07. The van der Waals surface area contributed by atoms with E-state index in [1.54, 1.807) is 6.20 Å². The van der Waals surface area contributed by atoms with Gasteiger partial charge in [-0.1, -0.05) is 0 Å². The van der Waals surface area contributed by atoms with Gasteiger partial charge in [0.2, 0.25) is 5.28 Å². The van der Waals surface area contributed by atoms with Crippen molar-refractivity contribution in [2.75, 3.05) is 25.2 Å². The van der Waals surface area contributed by atoms with E-state index >= 15 is 0 Å². The van der Waals surface area contributed by atoms with Crippen LogP contribution in [0.25, 0.3) is 0 Å².